The maximum Gasteiger partial charge on any atom is 0.270 e. The minimum Gasteiger partial charge on any atom is -0.486 e. The number of carbonyl (C=O) groups is 1. The first-order valence-corrected chi connectivity index (χ1v) is 8.21. The van der Waals surface area contributed by atoms with E-state index in [9.17, 15) is 4.79 Å². The summed E-state index contributed by atoms with van der Waals surface area (Å²) in [4.78, 5) is 16.3. The van der Waals surface area contributed by atoms with Gasteiger partial charge in [-0.1, -0.05) is 0 Å². The van der Waals surface area contributed by atoms with E-state index in [2.05, 4.69) is 15.6 Å². The lowest BCUT2D eigenvalue weighted by Gasteiger charge is -2.19. The van der Waals surface area contributed by atoms with Crippen LogP contribution in [0.4, 0.5) is 11.4 Å². The van der Waals surface area contributed by atoms with E-state index >= 15 is 0 Å². The topological polar surface area (TPSA) is 85.6 Å². The van der Waals surface area contributed by atoms with Gasteiger partial charge in [0.25, 0.3) is 5.91 Å². The average Bonchev–Trinajstić information content (AvgIpc) is 3.20. The van der Waals surface area contributed by atoms with Crippen molar-refractivity contribution in [2.75, 3.05) is 18.5 Å². The number of hydrogen-bond acceptors (Lipinski definition) is 6. The van der Waals surface area contributed by atoms with Crippen molar-refractivity contribution in [3.05, 3.63) is 66.4 Å². The lowest BCUT2D eigenvalue weighted by atomic mass is 10.2. The number of hydrogen-bond donors (Lipinski definition) is 2. The number of ether oxygens (including phenoxy) is 2. The largest absolute Gasteiger partial charge is 0.486 e. The van der Waals surface area contributed by atoms with Gasteiger partial charge in [-0.15, -0.1) is 0 Å². The highest BCUT2D eigenvalue weighted by Gasteiger charge is 2.12. The molecule has 0 fully saturated rings. The number of rotatable bonds is 5. The first-order valence-electron chi connectivity index (χ1n) is 8.21. The minimum atomic E-state index is -0.257. The summed E-state index contributed by atoms with van der Waals surface area (Å²) in [5.41, 5.74) is 1.96. The molecule has 1 aliphatic rings. The molecule has 2 aromatic heterocycles. The number of anilines is 2. The van der Waals surface area contributed by atoms with Gasteiger partial charge >= 0.3 is 0 Å². The van der Waals surface area contributed by atoms with Gasteiger partial charge in [0.1, 0.15) is 24.7 Å². The Morgan fingerprint density at radius 1 is 1.04 bits per heavy atom. The van der Waals surface area contributed by atoms with Crippen LogP contribution in [0.5, 0.6) is 11.5 Å². The number of nitrogens with one attached hydrogen (secondary N) is 2. The molecule has 7 nitrogen and oxygen atoms in total. The summed E-state index contributed by atoms with van der Waals surface area (Å²) in [6.45, 7) is 1.43. The smallest absolute Gasteiger partial charge is 0.270 e. The molecule has 3 heterocycles. The molecule has 0 unspecified atom stereocenters. The molecule has 1 amide bonds. The second kappa shape index (κ2) is 7.18. The second-order valence-corrected chi connectivity index (χ2v) is 5.68. The third-order valence-corrected chi connectivity index (χ3v) is 3.83. The fourth-order valence-corrected chi connectivity index (χ4v) is 2.56. The molecule has 7 heteroatoms. The monoisotopic (exact) mass is 351 g/mol. The molecule has 0 saturated carbocycles. The highest BCUT2D eigenvalue weighted by Crippen LogP contribution is 2.33. The maximum absolute atomic E-state index is 12.1. The Kier molecular flexibility index (Phi) is 4.42. The van der Waals surface area contributed by atoms with E-state index < -0.39 is 0 Å². The van der Waals surface area contributed by atoms with Gasteiger partial charge in [-0.25, -0.2) is 4.98 Å². The molecular weight excluding hydrogens is 334 g/mol. The molecule has 2 N–H and O–H groups in total. The number of benzene rings is 1. The first kappa shape index (κ1) is 16.0. The Balaban J connectivity index is 1.39. The van der Waals surface area contributed by atoms with E-state index in [0.717, 1.165) is 17.1 Å². The molecule has 0 bridgehead atoms. The average molecular weight is 351 g/mol. The summed E-state index contributed by atoms with van der Waals surface area (Å²) in [6, 6.07) is 12.7. The number of amides is 1. The Morgan fingerprint density at radius 2 is 1.88 bits per heavy atom. The van der Waals surface area contributed by atoms with Gasteiger partial charge in [-0.05, 0) is 36.4 Å². The highest BCUT2D eigenvalue weighted by atomic mass is 16.6. The summed E-state index contributed by atoms with van der Waals surface area (Å²) >= 11 is 0. The van der Waals surface area contributed by atoms with Crippen LogP contribution >= 0.6 is 0 Å². The fraction of sp³-hybridized carbons (Fsp3) is 0.158. The van der Waals surface area contributed by atoms with Gasteiger partial charge in [0.05, 0.1) is 24.7 Å². The summed E-state index contributed by atoms with van der Waals surface area (Å²) in [5.74, 6) is 1.88. The molecule has 132 valence electrons. The zero-order valence-electron chi connectivity index (χ0n) is 13.9. The number of fused-ring (bicyclic) bond motifs is 1. The van der Waals surface area contributed by atoms with Crippen molar-refractivity contribution in [2.45, 2.75) is 6.54 Å². The van der Waals surface area contributed by atoms with Crippen LogP contribution < -0.4 is 20.1 Å². The first-order chi connectivity index (χ1) is 12.8. The molecule has 1 aromatic carbocycles. The number of aromatic nitrogens is 1. The van der Waals surface area contributed by atoms with Crippen molar-refractivity contribution >= 4 is 17.3 Å². The van der Waals surface area contributed by atoms with E-state index in [4.69, 9.17) is 13.9 Å². The predicted octanol–water partition coefficient (Wildman–Crippen LogP) is 3.12. The Labute approximate surface area is 150 Å². The Morgan fingerprint density at radius 3 is 2.65 bits per heavy atom. The van der Waals surface area contributed by atoms with Crippen LogP contribution in [0.25, 0.3) is 0 Å². The molecule has 0 atom stereocenters. The molecule has 26 heavy (non-hydrogen) atoms. The number of carbonyl (C=O) groups excluding carboxylic acids is 1. The molecular formula is C19H17N3O4. The standard InChI is InChI=1S/C19H17N3O4/c23-19(21-12-15-2-1-7-24-15)16-5-3-14(11-20-16)22-13-4-6-17-18(10-13)26-9-8-25-17/h1-7,10-11,22H,8-9,12H2,(H,21,23). The molecule has 1 aliphatic heterocycles. The summed E-state index contributed by atoms with van der Waals surface area (Å²) in [5, 5.41) is 5.99. The van der Waals surface area contributed by atoms with Gasteiger partial charge in [0, 0.05) is 11.8 Å². The Bertz CT molecular complexity index is 892. The number of pyridine rings is 1. The van der Waals surface area contributed by atoms with Crippen LogP contribution in [-0.2, 0) is 6.54 Å². The van der Waals surface area contributed by atoms with Gasteiger partial charge < -0.3 is 24.5 Å². The molecule has 0 radical (unpaired) electrons. The van der Waals surface area contributed by atoms with Crippen molar-refractivity contribution in [1.29, 1.82) is 0 Å². The van der Waals surface area contributed by atoms with Gasteiger partial charge in [-0.2, -0.15) is 0 Å². The maximum atomic E-state index is 12.1. The number of furan rings is 1. The van der Waals surface area contributed by atoms with Gasteiger partial charge in [0.15, 0.2) is 11.5 Å². The lowest BCUT2D eigenvalue weighted by Crippen LogP contribution is -2.23. The van der Waals surface area contributed by atoms with Crippen molar-refractivity contribution < 1.29 is 18.7 Å². The second-order valence-electron chi connectivity index (χ2n) is 5.68. The summed E-state index contributed by atoms with van der Waals surface area (Å²) < 4.78 is 16.3. The minimum absolute atomic E-state index is 0.257. The van der Waals surface area contributed by atoms with Crippen LogP contribution in [0.15, 0.2) is 59.3 Å². The van der Waals surface area contributed by atoms with E-state index in [1.54, 1.807) is 36.7 Å². The summed E-state index contributed by atoms with van der Waals surface area (Å²) in [6.07, 6.45) is 3.18. The highest BCUT2D eigenvalue weighted by molar-refractivity contribution is 5.92. The van der Waals surface area contributed by atoms with Gasteiger partial charge in [-0.3, -0.25) is 4.79 Å². The van der Waals surface area contributed by atoms with Gasteiger partial charge in [0.2, 0.25) is 0 Å². The lowest BCUT2D eigenvalue weighted by molar-refractivity contribution is 0.0943. The third-order valence-electron chi connectivity index (χ3n) is 3.83. The SMILES string of the molecule is O=C(NCc1ccco1)c1ccc(Nc2ccc3c(c2)OCCO3)cn1. The van der Waals surface area contributed by atoms with Crippen molar-refractivity contribution in [1.82, 2.24) is 10.3 Å². The molecule has 4 rings (SSSR count). The van der Waals surface area contributed by atoms with E-state index in [0.29, 0.717) is 37.0 Å². The number of nitrogens with zero attached hydrogens (tertiary/aromatic N) is 1. The van der Waals surface area contributed by atoms with Crippen LogP contribution in [0.3, 0.4) is 0 Å². The van der Waals surface area contributed by atoms with Crippen molar-refractivity contribution in [2.24, 2.45) is 0 Å². The summed E-state index contributed by atoms with van der Waals surface area (Å²) in [7, 11) is 0. The normalized spacial score (nSPS) is 12.5. The van der Waals surface area contributed by atoms with Crippen molar-refractivity contribution in [3.63, 3.8) is 0 Å². The molecule has 3 aromatic rings. The fourth-order valence-electron chi connectivity index (χ4n) is 2.56. The van der Waals surface area contributed by atoms with E-state index in [1.807, 2.05) is 18.2 Å². The molecule has 0 aliphatic carbocycles. The predicted molar refractivity (Wildman–Crippen MR) is 94.8 cm³/mol. The molecule has 0 saturated heterocycles. The zero-order valence-corrected chi connectivity index (χ0v) is 13.9. The van der Waals surface area contributed by atoms with E-state index in [1.165, 1.54) is 0 Å². The van der Waals surface area contributed by atoms with Crippen LogP contribution in [0.1, 0.15) is 16.2 Å². The third kappa shape index (κ3) is 3.61. The van der Waals surface area contributed by atoms with Crippen LogP contribution in [0, 0.1) is 0 Å². The molecule has 0 spiro atoms. The quantitative estimate of drug-likeness (QED) is 0.735. The Hall–Kier alpha value is -3.48. The zero-order chi connectivity index (χ0) is 17.8. The van der Waals surface area contributed by atoms with Crippen molar-refractivity contribution in [3.8, 4) is 11.5 Å². The van der Waals surface area contributed by atoms with Crippen LogP contribution in [-0.4, -0.2) is 24.1 Å². The van der Waals surface area contributed by atoms with E-state index in [-0.39, 0.29) is 5.91 Å². The van der Waals surface area contributed by atoms with Crippen LogP contribution in [0.2, 0.25) is 0 Å².